The van der Waals surface area contributed by atoms with E-state index in [9.17, 15) is 8.78 Å². The predicted molar refractivity (Wildman–Crippen MR) is 54.2 cm³/mol. The van der Waals surface area contributed by atoms with Gasteiger partial charge in [0, 0.05) is 0 Å². The Morgan fingerprint density at radius 2 is 1.79 bits per heavy atom. The van der Waals surface area contributed by atoms with Crippen molar-refractivity contribution in [1.82, 2.24) is 0 Å². The quantitative estimate of drug-likeness (QED) is 0.685. The highest BCUT2D eigenvalue weighted by atomic mass is 19.2. The van der Waals surface area contributed by atoms with Crippen LogP contribution in [0.25, 0.3) is 0 Å². The topological polar surface area (TPSA) is 0 Å². The molecular weight excluding hydrogens is 182 g/mol. The zero-order valence-corrected chi connectivity index (χ0v) is 8.85. The zero-order valence-electron chi connectivity index (χ0n) is 8.85. The maximum atomic E-state index is 13.3. The Balaban J connectivity index is 2.89. The Labute approximate surface area is 84.0 Å². The van der Waals surface area contributed by atoms with Crippen LogP contribution in [-0.2, 0) is 0 Å². The van der Waals surface area contributed by atoms with Gasteiger partial charge in [0.15, 0.2) is 11.6 Å². The molecular formula is C12H16F2. The molecule has 0 heterocycles. The minimum Gasteiger partial charge on any atom is -0.204 e. The van der Waals surface area contributed by atoms with E-state index in [0.717, 1.165) is 12.5 Å². The summed E-state index contributed by atoms with van der Waals surface area (Å²) >= 11 is 0. The molecule has 78 valence electrons. The van der Waals surface area contributed by atoms with Crippen LogP contribution in [0.5, 0.6) is 0 Å². The molecule has 0 saturated heterocycles. The molecule has 14 heavy (non-hydrogen) atoms. The lowest BCUT2D eigenvalue weighted by atomic mass is 9.91. The zero-order chi connectivity index (χ0) is 10.7. The number of hydrogen-bond acceptors (Lipinski definition) is 0. The lowest BCUT2D eigenvalue weighted by Gasteiger charge is -2.15. The van der Waals surface area contributed by atoms with Crippen molar-refractivity contribution in [1.29, 1.82) is 0 Å². The van der Waals surface area contributed by atoms with E-state index in [1.54, 1.807) is 12.1 Å². The summed E-state index contributed by atoms with van der Waals surface area (Å²) in [5.74, 6) is -0.878. The van der Waals surface area contributed by atoms with Gasteiger partial charge in [-0.3, -0.25) is 0 Å². The Kier molecular flexibility index (Phi) is 3.62. The van der Waals surface area contributed by atoms with Crippen molar-refractivity contribution in [2.45, 2.75) is 33.1 Å². The summed E-state index contributed by atoms with van der Waals surface area (Å²) in [5.41, 5.74) is 0.485. The molecule has 0 amide bonds. The van der Waals surface area contributed by atoms with Crippen molar-refractivity contribution >= 4 is 0 Å². The number of benzene rings is 1. The molecule has 2 heteroatoms. The van der Waals surface area contributed by atoms with E-state index in [4.69, 9.17) is 0 Å². The second kappa shape index (κ2) is 4.54. The van der Waals surface area contributed by atoms with Gasteiger partial charge in [-0.2, -0.15) is 0 Å². The molecule has 0 aliphatic heterocycles. The molecule has 0 aliphatic carbocycles. The molecule has 0 radical (unpaired) electrons. The van der Waals surface area contributed by atoms with Crippen LogP contribution in [-0.4, -0.2) is 0 Å². The van der Waals surface area contributed by atoms with E-state index in [2.05, 4.69) is 13.8 Å². The van der Waals surface area contributed by atoms with Gasteiger partial charge in [-0.1, -0.05) is 32.9 Å². The molecule has 0 N–H and O–H groups in total. The average molecular weight is 198 g/mol. The van der Waals surface area contributed by atoms with Gasteiger partial charge in [-0.25, -0.2) is 8.78 Å². The smallest absolute Gasteiger partial charge is 0.162 e. The van der Waals surface area contributed by atoms with Crippen molar-refractivity contribution in [3.63, 3.8) is 0 Å². The Morgan fingerprint density at radius 3 is 2.36 bits per heavy atom. The van der Waals surface area contributed by atoms with Crippen LogP contribution in [0.15, 0.2) is 18.2 Å². The summed E-state index contributed by atoms with van der Waals surface area (Å²) in [6, 6.07) is 4.37. The van der Waals surface area contributed by atoms with Crippen LogP contribution in [0.1, 0.15) is 38.7 Å². The Bertz CT molecular complexity index is 305. The third-order valence-corrected chi connectivity index (χ3v) is 2.34. The van der Waals surface area contributed by atoms with E-state index in [1.165, 1.54) is 0 Å². The van der Waals surface area contributed by atoms with E-state index >= 15 is 0 Å². The maximum Gasteiger partial charge on any atom is 0.162 e. The van der Waals surface area contributed by atoms with Gasteiger partial charge in [0.2, 0.25) is 0 Å². The minimum absolute atomic E-state index is 0.0747. The predicted octanol–water partition coefficient (Wildman–Crippen LogP) is 4.11. The van der Waals surface area contributed by atoms with Crippen LogP contribution in [0.4, 0.5) is 8.78 Å². The monoisotopic (exact) mass is 198 g/mol. The highest BCUT2D eigenvalue weighted by molar-refractivity contribution is 5.22. The molecule has 0 aliphatic rings. The van der Waals surface area contributed by atoms with Crippen LogP contribution in [0.3, 0.4) is 0 Å². The van der Waals surface area contributed by atoms with Crippen LogP contribution in [0, 0.1) is 17.6 Å². The van der Waals surface area contributed by atoms with Crippen molar-refractivity contribution in [3.05, 3.63) is 35.4 Å². The van der Waals surface area contributed by atoms with Crippen molar-refractivity contribution < 1.29 is 8.78 Å². The third-order valence-electron chi connectivity index (χ3n) is 2.34. The maximum absolute atomic E-state index is 13.3. The summed E-state index contributed by atoms with van der Waals surface area (Å²) in [4.78, 5) is 0. The first kappa shape index (κ1) is 11.2. The summed E-state index contributed by atoms with van der Waals surface area (Å²) in [6.45, 7) is 6.08. The van der Waals surface area contributed by atoms with Gasteiger partial charge in [-0.15, -0.1) is 0 Å². The van der Waals surface area contributed by atoms with Crippen LogP contribution >= 0.6 is 0 Å². The second-order valence-electron chi connectivity index (χ2n) is 4.17. The Hall–Kier alpha value is -0.920. The first-order chi connectivity index (χ1) is 6.52. The highest BCUT2D eigenvalue weighted by Crippen LogP contribution is 2.26. The van der Waals surface area contributed by atoms with E-state index in [0.29, 0.717) is 11.5 Å². The molecule has 1 aromatic carbocycles. The molecule has 0 saturated carbocycles. The van der Waals surface area contributed by atoms with Crippen molar-refractivity contribution in [2.75, 3.05) is 0 Å². The second-order valence-corrected chi connectivity index (χ2v) is 4.17. The molecule has 1 atom stereocenters. The number of hydrogen-bond donors (Lipinski definition) is 0. The van der Waals surface area contributed by atoms with Gasteiger partial charge in [0.25, 0.3) is 0 Å². The molecule has 0 fully saturated rings. The first-order valence-electron chi connectivity index (χ1n) is 4.96. The average Bonchev–Trinajstić information content (AvgIpc) is 2.08. The van der Waals surface area contributed by atoms with E-state index in [-0.39, 0.29) is 5.92 Å². The van der Waals surface area contributed by atoms with Gasteiger partial charge in [0.05, 0.1) is 0 Å². The normalized spacial score (nSPS) is 13.3. The molecule has 0 bridgehead atoms. The van der Waals surface area contributed by atoms with Crippen LogP contribution in [0.2, 0.25) is 0 Å². The highest BCUT2D eigenvalue weighted by Gasteiger charge is 2.14. The summed E-state index contributed by atoms with van der Waals surface area (Å²) in [5, 5.41) is 0. The molecule has 1 rings (SSSR count). The summed E-state index contributed by atoms with van der Waals surface area (Å²) in [6.07, 6.45) is 0.875. The van der Waals surface area contributed by atoms with E-state index in [1.807, 2.05) is 6.92 Å². The molecule has 0 aromatic heterocycles. The summed E-state index contributed by atoms with van der Waals surface area (Å²) in [7, 11) is 0. The van der Waals surface area contributed by atoms with Gasteiger partial charge in [0.1, 0.15) is 0 Å². The Morgan fingerprint density at radius 1 is 1.14 bits per heavy atom. The standard InChI is InChI=1S/C12H16F2/c1-8(2)7-9(3)10-5-4-6-11(13)12(10)14/h4-6,8-9H,7H2,1-3H3. The van der Waals surface area contributed by atoms with Crippen molar-refractivity contribution in [2.24, 2.45) is 5.92 Å². The SMILES string of the molecule is CC(C)CC(C)c1cccc(F)c1F. The first-order valence-corrected chi connectivity index (χ1v) is 4.96. The van der Waals surface area contributed by atoms with Gasteiger partial charge >= 0.3 is 0 Å². The lowest BCUT2D eigenvalue weighted by Crippen LogP contribution is -2.02. The van der Waals surface area contributed by atoms with Crippen molar-refractivity contribution in [3.8, 4) is 0 Å². The largest absolute Gasteiger partial charge is 0.204 e. The fourth-order valence-electron chi connectivity index (χ4n) is 1.74. The minimum atomic E-state index is -0.752. The number of halogens is 2. The van der Waals surface area contributed by atoms with Gasteiger partial charge < -0.3 is 0 Å². The van der Waals surface area contributed by atoms with Crippen LogP contribution < -0.4 is 0 Å². The van der Waals surface area contributed by atoms with Gasteiger partial charge in [-0.05, 0) is 29.9 Å². The fourth-order valence-corrected chi connectivity index (χ4v) is 1.74. The third kappa shape index (κ3) is 2.53. The molecule has 1 unspecified atom stereocenters. The number of rotatable bonds is 3. The fraction of sp³-hybridized carbons (Fsp3) is 0.500. The molecule has 1 aromatic rings. The molecule has 0 spiro atoms. The van der Waals surface area contributed by atoms with E-state index < -0.39 is 11.6 Å². The lowest BCUT2D eigenvalue weighted by molar-refractivity contribution is 0.466. The summed E-state index contributed by atoms with van der Waals surface area (Å²) < 4.78 is 26.2. The molecule has 0 nitrogen and oxygen atoms in total.